The van der Waals surface area contributed by atoms with Crippen LogP contribution in [0.1, 0.15) is 19.3 Å². The van der Waals surface area contributed by atoms with E-state index >= 15 is 0 Å². The maximum absolute atomic E-state index is 4.35. The van der Waals surface area contributed by atoms with Crippen molar-refractivity contribution in [3.63, 3.8) is 0 Å². The number of nitrogens with zero attached hydrogens (tertiary/aromatic N) is 1. The second kappa shape index (κ2) is 2.45. The first-order chi connectivity index (χ1) is 4.97. The molecule has 10 heavy (non-hydrogen) atoms. The lowest BCUT2D eigenvalue weighted by molar-refractivity contribution is 0.556. The van der Waals surface area contributed by atoms with Crippen molar-refractivity contribution in [3.05, 3.63) is 11.6 Å². The lowest BCUT2D eigenvalue weighted by Crippen LogP contribution is -2.35. The predicted octanol–water partition coefficient (Wildman–Crippen LogP) is 0.433. The average Bonchev–Trinajstić information content (AvgIpc) is 2.05. The maximum Gasteiger partial charge on any atom is 0.274 e. The fourth-order valence-corrected chi connectivity index (χ4v) is 1.59. The van der Waals surface area contributed by atoms with Crippen LogP contribution in [0.15, 0.2) is 11.6 Å². The molecule has 2 nitrogen and oxygen atoms in total. The second-order valence-electron chi connectivity index (χ2n) is 2.88. The molecule has 1 aliphatic heterocycles. The summed E-state index contributed by atoms with van der Waals surface area (Å²) in [5.41, 5.74) is 1.49. The Labute approximate surface area is 61.0 Å². The standard InChI is InChI=1S/C8H12N2/c1-2-4-8-7(3-1)5-9-6-10-8/h3,6,8-9H,1-2,4-5H2/q+1. The van der Waals surface area contributed by atoms with E-state index in [-0.39, 0.29) is 0 Å². The molecule has 1 N–H and O–H groups in total. The van der Waals surface area contributed by atoms with Crippen molar-refractivity contribution in [2.45, 2.75) is 25.3 Å². The number of hydrogen-bond donors (Lipinski definition) is 1. The summed E-state index contributed by atoms with van der Waals surface area (Å²) in [6, 6.07) is 0.523. The number of nitrogens with one attached hydrogen (secondary N) is 1. The van der Waals surface area contributed by atoms with E-state index in [0.717, 1.165) is 6.54 Å². The van der Waals surface area contributed by atoms with Crippen molar-refractivity contribution >= 4 is 6.34 Å². The molecule has 0 fully saturated rings. The van der Waals surface area contributed by atoms with Gasteiger partial charge in [0.25, 0.3) is 6.34 Å². The summed E-state index contributed by atoms with van der Waals surface area (Å²) in [5, 5.41) is 3.12. The monoisotopic (exact) mass is 136 g/mol. The van der Waals surface area contributed by atoms with Crippen molar-refractivity contribution in [2.24, 2.45) is 0 Å². The molecule has 0 aromatic carbocycles. The zero-order valence-corrected chi connectivity index (χ0v) is 6.01. The van der Waals surface area contributed by atoms with Crippen LogP contribution in [0.2, 0.25) is 0 Å². The third-order valence-electron chi connectivity index (χ3n) is 2.17. The first-order valence-corrected chi connectivity index (χ1v) is 3.91. The summed E-state index contributed by atoms with van der Waals surface area (Å²) >= 11 is 0. The Morgan fingerprint density at radius 2 is 2.60 bits per heavy atom. The summed E-state index contributed by atoms with van der Waals surface area (Å²) in [6.45, 7) is 1.02. The molecule has 2 aliphatic rings. The number of allylic oxidation sites excluding steroid dienone is 1. The Hall–Kier alpha value is -0.790. The highest BCUT2D eigenvalue weighted by Crippen LogP contribution is 2.18. The second-order valence-corrected chi connectivity index (χ2v) is 2.88. The molecule has 0 amide bonds. The van der Waals surface area contributed by atoms with E-state index in [0.29, 0.717) is 6.04 Å². The Morgan fingerprint density at radius 1 is 1.60 bits per heavy atom. The molecular formula is C8H12N2+. The van der Waals surface area contributed by atoms with Crippen LogP contribution in [0.5, 0.6) is 0 Å². The summed E-state index contributed by atoms with van der Waals surface area (Å²) in [7, 11) is 0. The molecule has 1 radical (unpaired) electrons. The minimum absolute atomic E-state index is 0.523. The van der Waals surface area contributed by atoms with Crippen LogP contribution < -0.4 is 10.3 Å². The van der Waals surface area contributed by atoms with Crippen molar-refractivity contribution in [1.82, 2.24) is 10.3 Å². The number of rotatable bonds is 0. The Kier molecular flexibility index (Phi) is 1.46. The van der Waals surface area contributed by atoms with Crippen LogP contribution in [0.3, 0.4) is 0 Å². The fourth-order valence-electron chi connectivity index (χ4n) is 1.59. The van der Waals surface area contributed by atoms with Gasteiger partial charge in [-0.3, -0.25) is 5.32 Å². The largest absolute Gasteiger partial charge is 0.274 e. The van der Waals surface area contributed by atoms with E-state index in [2.05, 4.69) is 16.4 Å². The van der Waals surface area contributed by atoms with Gasteiger partial charge in [-0.2, -0.15) is 0 Å². The van der Waals surface area contributed by atoms with Crippen molar-refractivity contribution in [2.75, 3.05) is 6.54 Å². The molecule has 2 rings (SSSR count). The first-order valence-electron chi connectivity index (χ1n) is 3.91. The molecule has 53 valence electrons. The number of fused-ring (bicyclic) bond motifs is 1. The highest BCUT2D eigenvalue weighted by molar-refractivity contribution is 5.56. The molecule has 0 aromatic rings. The van der Waals surface area contributed by atoms with Crippen LogP contribution in [0.4, 0.5) is 0 Å². The van der Waals surface area contributed by atoms with Crippen LogP contribution in [-0.4, -0.2) is 18.9 Å². The highest BCUT2D eigenvalue weighted by atomic mass is 15.0. The molecule has 1 aliphatic carbocycles. The Morgan fingerprint density at radius 3 is 3.50 bits per heavy atom. The summed E-state index contributed by atoms with van der Waals surface area (Å²) in [6.07, 6.45) is 7.99. The van der Waals surface area contributed by atoms with Gasteiger partial charge in [0, 0.05) is 5.57 Å². The minimum atomic E-state index is 0.523. The van der Waals surface area contributed by atoms with Gasteiger partial charge in [0.15, 0.2) is 6.04 Å². The van der Waals surface area contributed by atoms with Crippen LogP contribution in [0, 0.1) is 0 Å². The Bertz CT molecular complexity index is 182. The van der Waals surface area contributed by atoms with Crippen LogP contribution in [0.25, 0.3) is 0 Å². The molecule has 0 saturated carbocycles. The zero-order chi connectivity index (χ0) is 6.81. The molecule has 1 unspecified atom stereocenters. The van der Waals surface area contributed by atoms with E-state index in [1.54, 1.807) is 0 Å². The molecule has 1 atom stereocenters. The lowest BCUT2D eigenvalue weighted by atomic mass is 9.94. The van der Waals surface area contributed by atoms with Crippen molar-refractivity contribution in [3.8, 4) is 0 Å². The quantitative estimate of drug-likeness (QED) is 0.480. The molecule has 1 heterocycles. The van der Waals surface area contributed by atoms with E-state index in [1.807, 2.05) is 6.34 Å². The maximum atomic E-state index is 4.35. The van der Waals surface area contributed by atoms with E-state index in [4.69, 9.17) is 0 Å². The molecule has 0 aromatic heterocycles. The van der Waals surface area contributed by atoms with Crippen LogP contribution in [-0.2, 0) is 0 Å². The molecule has 0 bridgehead atoms. The summed E-state index contributed by atoms with van der Waals surface area (Å²) in [4.78, 5) is 4.35. The van der Waals surface area contributed by atoms with Gasteiger partial charge in [-0.1, -0.05) is 11.1 Å². The third kappa shape index (κ3) is 0.939. The van der Waals surface area contributed by atoms with Gasteiger partial charge in [0.1, 0.15) is 6.54 Å². The van der Waals surface area contributed by atoms with Gasteiger partial charge < -0.3 is 0 Å². The van der Waals surface area contributed by atoms with E-state index in [1.165, 1.54) is 24.8 Å². The third-order valence-corrected chi connectivity index (χ3v) is 2.17. The first kappa shape index (κ1) is 5.96. The van der Waals surface area contributed by atoms with Gasteiger partial charge in [0.2, 0.25) is 0 Å². The number of hydrogen-bond acceptors (Lipinski definition) is 2. The van der Waals surface area contributed by atoms with Crippen molar-refractivity contribution < 1.29 is 0 Å². The van der Waals surface area contributed by atoms with Gasteiger partial charge in [0.05, 0.1) is 0 Å². The summed E-state index contributed by atoms with van der Waals surface area (Å²) < 4.78 is 0. The lowest BCUT2D eigenvalue weighted by Gasteiger charge is -2.17. The van der Waals surface area contributed by atoms with Crippen LogP contribution >= 0.6 is 0 Å². The van der Waals surface area contributed by atoms with Gasteiger partial charge in [-0.15, -0.1) is 0 Å². The fraction of sp³-hybridized carbons (Fsp3) is 0.625. The predicted molar refractivity (Wildman–Crippen MR) is 41.9 cm³/mol. The SMILES string of the molecule is C1=[N+]C2CCCC=C2CN1. The molecule has 2 heteroatoms. The number of aliphatic imine (C=N–C) groups is 1. The minimum Gasteiger partial charge on any atom is -0.274 e. The summed E-state index contributed by atoms with van der Waals surface area (Å²) in [5.74, 6) is 0. The molecule has 0 saturated heterocycles. The van der Waals surface area contributed by atoms with E-state index in [9.17, 15) is 0 Å². The zero-order valence-electron chi connectivity index (χ0n) is 6.01. The highest BCUT2D eigenvalue weighted by Gasteiger charge is 2.24. The smallest absolute Gasteiger partial charge is 0.274 e. The topological polar surface area (TPSA) is 26.1 Å². The normalized spacial score (nSPS) is 30.4. The average molecular weight is 136 g/mol. The van der Waals surface area contributed by atoms with Crippen molar-refractivity contribution in [1.29, 1.82) is 0 Å². The molecule has 0 spiro atoms. The van der Waals surface area contributed by atoms with E-state index < -0.39 is 0 Å². The Balaban J connectivity index is 2.20. The molecular weight excluding hydrogens is 124 g/mol. The van der Waals surface area contributed by atoms with Gasteiger partial charge in [-0.05, 0) is 19.3 Å². The van der Waals surface area contributed by atoms with Gasteiger partial charge >= 0.3 is 0 Å². The van der Waals surface area contributed by atoms with Gasteiger partial charge in [-0.25, -0.2) is 0 Å².